The van der Waals surface area contributed by atoms with Gasteiger partial charge in [-0.2, -0.15) is 0 Å². The summed E-state index contributed by atoms with van der Waals surface area (Å²) in [6.45, 7) is 4.99. The normalized spacial score (nSPS) is 12.7. The van der Waals surface area contributed by atoms with Gasteiger partial charge < -0.3 is 19.3 Å². The van der Waals surface area contributed by atoms with Crippen LogP contribution in [0.2, 0.25) is 0 Å². The van der Waals surface area contributed by atoms with Gasteiger partial charge in [-0.1, -0.05) is 0 Å². The number of hydrogen-bond donors (Lipinski definition) is 2. The molecule has 0 radical (unpaired) electrons. The first-order valence-corrected chi connectivity index (χ1v) is 6.81. The highest BCUT2D eigenvalue weighted by molar-refractivity contribution is 5.87. The number of amides is 1. The molecule has 6 nitrogen and oxygen atoms in total. The van der Waals surface area contributed by atoms with E-state index in [0.717, 1.165) is 0 Å². The van der Waals surface area contributed by atoms with Gasteiger partial charge in [0.15, 0.2) is 11.5 Å². The monoisotopic (exact) mass is 333 g/mol. The van der Waals surface area contributed by atoms with E-state index in [2.05, 4.69) is 5.32 Å². The summed E-state index contributed by atoms with van der Waals surface area (Å²) < 4.78 is 40.9. The number of benzene rings is 1. The Morgan fingerprint density at radius 3 is 2.13 bits per heavy atom. The van der Waals surface area contributed by atoms with Gasteiger partial charge in [0, 0.05) is 11.6 Å². The maximum Gasteiger partial charge on any atom is 0.412 e. The lowest BCUT2D eigenvalue weighted by molar-refractivity contribution is -0.00556. The van der Waals surface area contributed by atoms with Gasteiger partial charge in [-0.15, -0.1) is 0 Å². The maximum absolute atomic E-state index is 12.9. The molecule has 0 aliphatic heterocycles. The van der Waals surface area contributed by atoms with Gasteiger partial charge in [-0.25, -0.2) is 13.6 Å². The van der Waals surface area contributed by atoms with E-state index in [9.17, 15) is 18.7 Å². The zero-order chi connectivity index (χ0) is 17.8. The Kier molecular flexibility index (Phi) is 6.14. The van der Waals surface area contributed by atoms with Crippen molar-refractivity contribution in [3.8, 4) is 11.5 Å². The summed E-state index contributed by atoms with van der Waals surface area (Å²) in [5.74, 6) is 0.362. The number of aliphatic hydroxyl groups is 1. The molecule has 0 aromatic heterocycles. The van der Waals surface area contributed by atoms with Gasteiger partial charge in [-0.3, -0.25) is 5.32 Å². The summed E-state index contributed by atoms with van der Waals surface area (Å²) in [6.07, 6.45) is -5.97. The zero-order valence-electron chi connectivity index (χ0n) is 13.6. The molecule has 0 aliphatic carbocycles. The average molecular weight is 333 g/mol. The maximum atomic E-state index is 12.9. The molecular weight excluding hydrogens is 312 g/mol. The van der Waals surface area contributed by atoms with Crippen LogP contribution in [0.25, 0.3) is 0 Å². The van der Waals surface area contributed by atoms with Gasteiger partial charge >= 0.3 is 6.09 Å². The fraction of sp³-hybridized carbons (Fsp3) is 0.533. The minimum absolute atomic E-state index is 0.0512. The smallest absolute Gasteiger partial charge is 0.412 e. The number of carbonyl (C=O) groups excluding carboxylic acids is 1. The van der Waals surface area contributed by atoms with E-state index in [1.807, 2.05) is 0 Å². The molecule has 8 heteroatoms. The summed E-state index contributed by atoms with van der Waals surface area (Å²) in [7, 11) is 2.69. The Morgan fingerprint density at radius 1 is 1.17 bits per heavy atom. The zero-order valence-corrected chi connectivity index (χ0v) is 13.6. The highest BCUT2D eigenvalue weighted by atomic mass is 19.3. The van der Waals surface area contributed by atoms with Gasteiger partial charge in [0.25, 0.3) is 6.43 Å². The second-order valence-corrected chi connectivity index (χ2v) is 5.70. The number of carbonyl (C=O) groups is 1. The molecule has 0 fully saturated rings. The van der Waals surface area contributed by atoms with Crippen molar-refractivity contribution in [2.24, 2.45) is 0 Å². The van der Waals surface area contributed by atoms with Crippen molar-refractivity contribution < 1.29 is 32.9 Å². The molecule has 1 amide bonds. The van der Waals surface area contributed by atoms with E-state index in [0.29, 0.717) is 0 Å². The Balaban J connectivity index is 3.23. The van der Waals surface area contributed by atoms with E-state index >= 15 is 0 Å². The molecule has 23 heavy (non-hydrogen) atoms. The van der Waals surface area contributed by atoms with Crippen LogP contribution in [-0.4, -0.2) is 37.4 Å². The molecule has 0 saturated heterocycles. The lowest BCUT2D eigenvalue weighted by Gasteiger charge is -2.22. The third-order valence-corrected chi connectivity index (χ3v) is 2.75. The number of methoxy groups -OCH3 is 2. The van der Waals surface area contributed by atoms with Crippen molar-refractivity contribution in [2.45, 2.75) is 38.9 Å². The third-order valence-electron chi connectivity index (χ3n) is 2.75. The average Bonchev–Trinajstić information content (AvgIpc) is 2.43. The quantitative estimate of drug-likeness (QED) is 0.864. The van der Waals surface area contributed by atoms with Crippen molar-refractivity contribution in [1.82, 2.24) is 0 Å². The number of aliphatic hydroxyl groups excluding tert-OH is 1. The molecule has 0 heterocycles. The lowest BCUT2D eigenvalue weighted by atomic mass is 10.1. The van der Waals surface area contributed by atoms with Crippen molar-refractivity contribution >= 4 is 11.8 Å². The van der Waals surface area contributed by atoms with Crippen molar-refractivity contribution in [2.75, 3.05) is 19.5 Å². The minimum Gasteiger partial charge on any atom is -0.493 e. The van der Waals surface area contributed by atoms with E-state index < -0.39 is 24.2 Å². The number of anilines is 1. The Hall–Kier alpha value is -2.09. The molecule has 1 aromatic carbocycles. The van der Waals surface area contributed by atoms with Crippen LogP contribution in [0.5, 0.6) is 11.5 Å². The van der Waals surface area contributed by atoms with Crippen LogP contribution in [0.3, 0.4) is 0 Å². The summed E-state index contributed by atoms with van der Waals surface area (Å²) in [6, 6.07) is 2.46. The molecule has 0 saturated carbocycles. The van der Waals surface area contributed by atoms with E-state index in [1.54, 1.807) is 20.8 Å². The first-order valence-electron chi connectivity index (χ1n) is 6.81. The summed E-state index contributed by atoms with van der Waals surface area (Å²) in [5, 5.41) is 12.0. The lowest BCUT2D eigenvalue weighted by Crippen LogP contribution is -2.28. The topological polar surface area (TPSA) is 77.0 Å². The predicted molar refractivity (Wildman–Crippen MR) is 80.4 cm³/mol. The molecule has 0 aliphatic rings. The number of ether oxygens (including phenoxy) is 3. The van der Waals surface area contributed by atoms with Crippen LogP contribution in [0, 0.1) is 0 Å². The number of hydrogen-bond acceptors (Lipinski definition) is 5. The Bertz CT molecular complexity index is 558. The number of halogens is 2. The van der Waals surface area contributed by atoms with Crippen LogP contribution in [0.4, 0.5) is 19.3 Å². The molecule has 2 N–H and O–H groups in total. The predicted octanol–water partition coefficient (Wildman–Crippen LogP) is 3.35. The Labute approximate surface area is 133 Å². The highest BCUT2D eigenvalue weighted by Gasteiger charge is 2.26. The van der Waals surface area contributed by atoms with E-state index in [1.165, 1.54) is 26.4 Å². The summed E-state index contributed by atoms with van der Waals surface area (Å²) >= 11 is 0. The molecule has 0 bridgehead atoms. The molecule has 1 unspecified atom stereocenters. The number of nitrogens with one attached hydrogen (secondary N) is 1. The highest BCUT2D eigenvalue weighted by Crippen LogP contribution is 2.38. The number of rotatable bonds is 5. The van der Waals surface area contributed by atoms with Crippen LogP contribution < -0.4 is 14.8 Å². The standard InChI is InChI=1S/C15H21F2NO5/c1-15(2,3)23-14(20)18-9-7-11(22-5)10(21-4)6-8(9)12(19)13(16)17/h6-7,12-13,19H,1-5H3,(H,18,20). The van der Waals surface area contributed by atoms with Gasteiger partial charge in [0.05, 0.1) is 19.9 Å². The van der Waals surface area contributed by atoms with Gasteiger partial charge in [0.2, 0.25) is 0 Å². The largest absolute Gasteiger partial charge is 0.493 e. The molecule has 1 aromatic rings. The van der Waals surface area contributed by atoms with E-state index in [-0.39, 0.29) is 22.7 Å². The van der Waals surface area contributed by atoms with Crippen LogP contribution in [-0.2, 0) is 4.74 Å². The Morgan fingerprint density at radius 2 is 1.70 bits per heavy atom. The first kappa shape index (κ1) is 19.0. The summed E-state index contributed by atoms with van der Waals surface area (Å²) in [4.78, 5) is 11.9. The fourth-order valence-corrected chi connectivity index (χ4v) is 1.80. The van der Waals surface area contributed by atoms with Crippen molar-refractivity contribution in [3.05, 3.63) is 17.7 Å². The molecule has 1 atom stereocenters. The second-order valence-electron chi connectivity index (χ2n) is 5.70. The van der Waals surface area contributed by atoms with Crippen molar-refractivity contribution in [3.63, 3.8) is 0 Å². The van der Waals surface area contributed by atoms with Crippen LogP contribution in [0.1, 0.15) is 32.4 Å². The SMILES string of the molecule is COc1cc(NC(=O)OC(C)(C)C)c(C(O)C(F)F)cc1OC. The van der Waals surface area contributed by atoms with Crippen molar-refractivity contribution in [1.29, 1.82) is 0 Å². The van der Waals surface area contributed by atoms with Gasteiger partial charge in [-0.05, 0) is 26.8 Å². The summed E-state index contributed by atoms with van der Waals surface area (Å²) in [5.41, 5.74) is -1.02. The van der Waals surface area contributed by atoms with Gasteiger partial charge in [0.1, 0.15) is 11.7 Å². The van der Waals surface area contributed by atoms with E-state index in [4.69, 9.17) is 14.2 Å². The van der Waals surface area contributed by atoms with Crippen LogP contribution >= 0.6 is 0 Å². The first-order chi connectivity index (χ1) is 10.6. The third kappa shape index (κ3) is 5.24. The molecular formula is C15H21F2NO5. The molecule has 130 valence electrons. The van der Waals surface area contributed by atoms with Crippen LogP contribution in [0.15, 0.2) is 12.1 Å². The number of alkyl halides is 2. The minimum atomic E-state index is -3.03. The second kappa shape index (κ2) is 7.45. The molecule has 1 rings (SSSR count). The molecule has 0 spiro atoms. The fourth-order valence-electron chi connectivity index (χ4n) is 1.80.